The fourth-order valence-electron chi connectivity index (χ4n) is 3.62. The predicted molar refractivity (Wildman–Crippen MR) is 130 cm³/mol. The van der Waals surface area contributed by atoms with E-state index in [2.05, 4.69) is 24.0 Å². The first-order valence-corrected chi connectivity index (χ1v) is 11.7. The zero-order chi connectivity index (χ0) is 22.8. The van der Waals surface area contributed by atoms with Crippen LogP contribution < -0.4 is 0 Å². The standard InChI is InChI=1S/C24H23Cl3N4O/c1-4-5-6-14(2)23-29-30-24(32-23)21-15(3)31(18-10-7-16(25)8-11-18)22(28-21)19-12-9-17(26)13-20(19)27/h7-14H,4-6H2,1-3H3. The van der Waals surface area contributed by atoms with Crippen LogP contribution in [-0.4, -0.2) is 19.7 Å². The van der Waals surface area contributed by atoms with Gasteiger partial charge in [-0.25, -0.2) is 4.98 Å². The van der Waals surface area contributed by atoms with Gasteiger partial charge in [0, 0.05) is 27.2 Å². The van der Waals surface area contributed by atoms with Gasteiger partial charge >= 0.3 is 0 Å². The summed E-state index contributed by atoms with van der Waals surface area (Å²) in [5.74, 6) is 1.86. The van der Waals surface area contributed by atoms with Crippen LogP contribution in [-0.2, 0) is 0 Å². The summed E-state index contributed by atoms with van der Waals surface area (Å²) in [5.41, 5.74) is 3.10. The molecule has 166 valence electrons. The number of hydrogen-bond donors (Lipinski definition) is 0. The van der Waals surface area contributed by atoms with E-state index < -0.39 is 0 Å². The van der Waals surface area contributed by atoms with Gasteiger partial charge in [-0.1, -0.05) is 61.5 Å². The van der Waals surface area contributed by atoms with Crippen molar-refractivity contribution < 1.29 is 4.42 Å². The molecule has 1 unspecified atom stereocenters. The van der Waals surface area contributed by atoms with Gasteiger partial charge in [0.15, 0.2) is 0 Å². The highest BCUT2D eigenvalue weighted by molar-refractivity contribution is 6.36. The van der Waals surface area contributed by atoms with E-state index in [-0.39, 0.29) is 5.92 Å². The predicted octanol–water partition coefficient (Wildman–Crippen LogP) is 8.15. The van der Waals surface area contributed by atoms with Gasteiger partial charge in [-0.2, -0.15) is 0 Å². The van der Waals surface area contributed by atoms with Gasteiger partial charge in [0.1, 0.15) is 11.5 Å². The zero-order valence-electron chi connectivity index (χ0n) is 18.1. The van der Waals surface area contributed by atoms with E-state index in [9.17, 15) is 0 Å². The fourth-order valence-corrected chi connectivity index (χ4v) is 4.24. The maximum absolute atomic E-state index is 6.54. The lowest BCUT2D eigenvalue weighted by Gasteiger charge is -2.11. The highest BCUT2D eigenvalue weighted by atomic mass is 35.5. The molecule has 8 heteroatoms. The highest BCUT2D eigenvalue weighted by Crippen LogP contribution is 2.36. The number of nitrogens with zero attached hydrogens (tertiary/aromatic N) is 4. The smallest absolute Gasteiger partial charge is 0.268 e. The monoisotopic (exact) mass is 488 g/mol. The van der Waals surface area contributed by atoms with Crippen molar-refractivity contribution in [1.29, 1.82) is 0 Å². The normalized spacial score (nSPS) is 12.3. The summed E-state index contributed by atoms with van der Waals surface area (Å²) < 4.78 is 8.05. The van der Waals surface area contributed by atoms with Crippen LogP contribution in [0.2, 0.25) is 15.1 Å². The first-order valence-electron chi connectivity index (χ1n) is 10.5. The summed E-state index contributed by atoms with van der Waals surface area (Å²) in [4.78, 5) is 4.88. The van der Waals surface area contributed by atoms with Crippen molar-refractivity contribution in [2.75, 3.05) is 0 Å². The Morgan fingerprint density at radius 2 is 1.72 bits per heavy atom. The molecule has 0 radical (unpaired) electrons. The molecular formula is C24H23Cl3N4O. The lowest BCUT2D eigenvalue weighted by Crippen LogP contribution is -2.00. The number of halogens is 3. The summed E-state index contributed by atoms with van der Waals surface area (Å²) in [6.45, 7) is 6.24. The van der Waals surface area contributed by atoms with Crippen molar-refractivity contribution in [1.82, 2.24) is 19.7 Å². The lowest BCUT2D eigenvalue weighted by atomic mass is 10.1. The maximum atomic E-state index is 6.54. The van der Waals surface area contributed by atoms with Gasteiger partial charge in [0.25, 0.3) is 5.89 Å². The van der Waals surface area contributed by atoms with Crippen molar-refractivity contribution in [2.24, 2.45) is 0 Å². The summed E-state index contributed by atoms with van der Waals surface area (Å²) in [7, 11) is 0. The Labute approximate surface area is 202 Å². The molecule has 0 amide bonds. The van der Waals surface area contributed by atoms with Gasteiger partial charge < -0.3 is 4.42 Å². The molecule has 4 aromatic rings. The summed E-state index contributed by atoms with van der Waals surface area (Å²) in [5, 5.41) is 10.3. The van der Waals surface area contributed by atoms with Crippen LogP contribution in [0, 0.1) is 6.92 Å². The molecule has 4 rings (SSSR count). The van der Waals surface area contributed by atoms with Crippen molar-refractivity contribution in [3.05, 3.63) is 69.1 Å². The topological polar surface area (TPSA) is 56.7 Å². The Balaban J connectivity index is 1.85. The molecule has 0 saturated heterocycles. The van der Waals surface area contributed by atoms with Crippen LogP contribution in [0.4, 0.5) is 0 Å². The van der Waals surface area contributed by atoms with E-state index in [1.807, 2.05) is 41.8 Å². The third-order valence-electron chi connectivity index (χ3n) is 5.42. The van der Waals surface area contributed by atoms with E-state index in [4.69, 9.17) is 44.2 Å². The third-order valence-corrected chi connectivity index (χ3v) is 6.22. The van der Waals surface area contributed by atoms with E-state index in [1.165, 1.54) is 0 Å². The second-order valence-electron chi connectivity index (χ2n) is 7.79. The van der Waals surface area contributed by atoms with Crippen molar-refractivity contribution >= 4 is 34.8 Å². The Morgan fingerprint density at radius 1 is 1.00 bits per heavy atom. The molecule has 0 aliphatic heterocycles. The fraction of sp³-hybridized carbons (Fsp3) is 0.292. The number of rotatable bonds is 7. The van der Waals surface area contributed by atoms with Crippen molar-refractivity contribution in [2.45, 2.75) is 46.0 Å². The summed E-state index contributed by atoms with van der Waals surface area (Å²) >= 11 is 18.8. The molecule has 0 spiro atoms. The molecule has 0 saturated carbocycles. The van der Waals surface area contributed by atoms with Crippen molar-refractivity contribution in [3.8, 4) is 28.7 Å². The molecule has 2 heterocycles. The molecule has 32 heavy (non-hydrogen) atoms. The van der Waals surface area contributed by atoms with E-state index in [0.717, 1.165) is 36.2 Å². The van der Waals surface area contributed by atoms with Crippen LogP contribution >= 0.6 is 34.8 Å². The highest BCUT2D eigenvalue weighted by Gasteiger charge is 2.24. The first kappa shape index (κ1) is 22.8. The minimum Gasteiger partial charge on any atom is -0.419 e. The molecule has 2 aromatic heterocycles. The number of imidazole rings is 1. The Bertz CT molecular complexity index is 1230. The SMILES string of the molecule is CCCCC(C)c1nnc(-c2nc(-c3ccc(Cl)cc3Cl)n(-c3ccc(Cl)cc3)c2C)o1. The van der Waals surface area contributed by atoms with Crippen LogP contribution in [0.3, 0.4) is 0 Å². The Kier molecular flexibility index (Phi) is 6.89. The van der Waals surface area contributed by atoms with Crippen LogP contribution in [0.5, 0.6) is 0 Å². The molecule has 5 nitrogen and oxygen atoms in total. The van der Waals surface area contributed by atoms with Crippen LogP contribution in [0.25, 0.3) is 28.7 Å². The Morgan fingerprint density at radius 3 is 2.41 bits per heavy atom. The number of unbranched alkanes of at least 4 members (excludes halogenated alkanes) is 1. The second kappa shape index (κ2) is 9.65. The molecule has 0 aliphatic rings. The number of hydrogen-bond acceptors (Lipinski definition) is 4. The molecule has 0 bridgehead atoms. The van der Waals surface area contributed by atoms with Gasteiger partial charge in [-0.3, -0.25) is 4.57 Å². The van der Waals surface area contributed by atoms with Gasteiger partial charge in [0.05, 0.1) is 10.7 Å². The van der Waals surface area contributed by atoms with Gasteiger partial charge in [0.2, 0.25) is 5.89 Å². The van der Waals surface area contributed by atoms with E-state index in [0.29, 0.717) is 38.4 Å². The number of aromatic nitrogens is 4. The van der Waals surface area contributed by atoms with E-state index in [1.54, 1.807) is 12.1 Å². The minimum atomic E-state index is 0.194. The van der Waals surface area contributed by atoms with E-state index >= 15 is 0 Å². The molecular weight excluding hydrogens is 467 g/mol. The van der Waals surface area contributed by atoms with Crippen LogP contribution in [0.15, 0.2) is 46.9 Å². The third kappa shape index (κ3) is 4.56. The van der Waals surface area contributed by atoms with Crippen LogP contribution in [0.1, 0.15) is 50.6 Å². The van der Waals surface area contributed by atoms with Gasteiger partial charge in [-0.05, 0) is 55.8 Å². The average Bonchev–Trinajstić information content (AvgIpc) is 3.38. The summed E-state index contributed by atoms with van der Waals surface area (Å²) in [6, 6.07) is 12.9. The molecule has 0 fully saturated rings. The molecule has 2 aromatic carbocycles. The van der Waals surface area contributed by atoms with Crippen molar-refractivity contribution in [3.63, 3.8) is 0 Å². The second-order valence-corrected chi connectivity index (χ2v) is 9.07. The first-order chi connectivity index (χ1) is 15.4. The number of benzene rings is 2. The molecule has 0 aliphatic carbocycles. The Hall–Kier alpha value is -2.34. The zero-order valence-corrected chi connectivity index (χ0v) is 20.3. The molecule has 0 N–H and O–H groups in total. The summed E-state index contributed by atoms with van der Waals surface area (Å²) in [6.07, 6.45) is 3.24. The maximum Gasteiger partial charge on any atom is 0.268 e. The minimum absolute atomic E-state index is 0.194. The largest absolute Gasteiger partial charge is 0.419 e. The molecule has 1 atom stereocenters. The lowest BCUT2D eigenvalue weighted by molar-refractivity contribution is 0.446. The average molecular weight is 490 g/mol. The van der Waals surface area contributed by atoms with Gasteiger partial charge in [-0.15, -0.1) is 10.2 Å². The quantitative estimate of drug-likeness (QED) is 0.263.